The second-order valence-corrected chi connectivity index (χ2v) is 4.26. The van der Waals surface area contributed by atoms with E-state index in [1.807, 2.05) is 18.2 Å². The van der Waals surface area contributed by atoms with Crippen molar-refractivity contribution in [3.63, 3.8) is 0 Å². The van der Waals surface area contributed by atoms with E-state index in [0.717, 1.165) is 36.6 Å². The Hall–Kier alpha value is -2.05. The molecule has 0 radical (unpaired) electrons. The van der Waals surface area contributed by atoms with Crippen LogP contribution in [0.15, 0.2) is 24.3 Å². The first-order valence-corrected chi connectivity index (χ1v) is 6.10. The Kier molecular flexibility index (Phi) is 4.38. The molecule has 1 aromatic carbocycles. The summed E-state index contributed by atoms with van der Waals surface area (Å²) in [5.74, 6) is -0.557. The molecule has 1 aliphatic heterocycles. The number of carbonyl (C=O) groups is 1. The summed E-state index contributed by atoms with van der Waals surface area (Å²) in [6.07, 6.45) is 3.63. The number of benzene rings is 1. The monoisotopic (exact) mass is 263 g/mol. The van der Waals surface area contributed by atoms with Gasteiger partial charge in [0.25, 0.3) is 5.91 Å². The first-order valence-electron chi connectivity index (χ1n) is 6.10. The van der Waals surface area contributed by atoms with Crippen molar-refractivity contribution in [1.29, 1.82) is 0 Å². The molecule has 0 atom stereocenters. The van der Waals surface area contributed by atoms with E-state index >= 15 is 0 Å². The predicted octanol–water partition coefficient (Wildman–Crippen LogP) is 0.777. The molecule has 0 saturated carbocycles. The van der Waals surface area contributed by atoms with Gasteiger partial charge in [-0.2, -0.15) is 0 Å². The molecule has 4 N–H and O–H groups in total. The summed E-state index contributed by atoms with van der Waals surface area (Å²) in [6.45, 7) is 1.71. The average Bonchev–Trinajstić information content (AvgIpc) is 2.84. The molecule has 102 valence electrons. The van der Waals surface area contributed by atoms with E-state index in [0.29, 0.717) is 0 Å². The van der Waals surface area contributed by atoms with Crippen LogP contribution in [0.5, 0.6) is 0 Å². The van der Waals surface area contributed by atoms with Gasteiger partial charge in [0.05, 0.1) is 18.0 Å². The minimum atomic E-state index is -0.557. The first kappa shape index (κ1) is 13.4. The number of carbonyl (C=O) groups excluding carboxylic acids is 1. The van der Waals surface area contributed by atoms with Crippen LogP contribution in [-0.4, -0.2) is 36.0 Å². The van der Waals surface area contributed by atoms with Crippen LogP contribution in [0, 0.1) is 0 Å². The number of anilines is 2. The number of aliphatic hydroxyl groups excluding tert-OH is 1. The summed E-state index contributed by atoms with van der Waals surface area (Å²) >= 11 is 0. The highest BCUT2D eigenvalue weighted by Crippen LogP contribution is 2.32. The Morgan fingerprint density at radius 1 is 1.53 bits per heavy atom. The van der Waals surface area contributed by atoms with Gasteiger partial charge in [0, 0.05) is 19.2 Å². The number of amides is 1. The van der Waals surface area contributed by atoms with Gasteiger partial charge in [-0.05, 0) is 30.2 Å². The lowest BCUT2D eigenvalue weighted by molar-refractivity contribution is -0.124. The normalized spacial score (nSPS) is 13.5. The number of nitrogens with zero attached hydrogens (tertiary/aromatic N) is 1. The molecule has 0 spiro atoms. The number of rotatable bonds is 5. The molecule has 19 heavy (non-hydrogen) atoms. The SMILES string of the molecule is O=C(/C=C/c1ccc2c(c1)NCN2CCCO)NO. The van der Waals surface area contributed by atoms with E-state index in [9.17, 15) is 4.79 Å². The quantitative estimate of drug-likeness (QED) is 0.358. The van der Waals surface area contributed by atoms with Crippen LogP contribution in [0.25, 0.3) is 6.08 Å². The smallest absolute Gasteiger partial charge is 0.267 e. The summed E-state index contributed by atoms with van der Waals surface area (Å²) < 4.78 is 0. The second kappa shape index (κ2) is 6.21. The van der Waals surface area contributed by atoms with Gasteiger partial charge >= 0.3 is 0 Å². The summed E-state index contributed by atoms with van der Waals surface area (Å²) in [4.78, 5) is 13.0. The minimum absolute atomic E-state index is 0.183. The van der Waals surface area contributed by atoms with Crippen LogP contribution in [0.4, 0.5) is 11.4 Å². The maximum atomic E-state index is 10.9. The third-order valence-corrected chi connectivity index (χ3v) is 2.95. The fourth-order valence-corrected chi connectivity index (χ4v) is 2.01. The van der Waals surface area contributed by atoms with Gasteiger partial charge in [-0.25, -0.2) is 5.48 Å². The van der Waals surface area contributed by atoms with Crippen molar-refractivity contribution in [3.05, 3.63) is 29.8 Å². The molecule has 0 saturated heterocycles. The third-order valence-electron chi connectivity index (χ3n) is 2.95. The summed E-state index contributed by atoms with van der Waals surface area (Å²) in [7, 11) is 0. The molecule has 0 aromatic heterocycles. The van der Waals surface area contributed by atoms with Crippen LogP contribution < -0.4 is 15.7 Å². The molecule has 0 aliphatic carbocycles. The molecule has 2 rings (SSSR count). The lowest BCUT2D eigenvalue weighted by Crippen LogP contribution is -2.24. The van der Waals surface area contributed by atoms with Gasteiger partial charge in [-0.3, -0.25) is 10.0 Å². The van der Waals surface area contributed by atoms with Crippen LogP contribution in [0.2, 0.25) is 0 Å². The largest absolute Gasteiger partial charge is 0.396 e. The number of hydrogen-bond acceptors (Lipinski definition) is 5. The van der Waals surface area contributed by atoms with Crippen molar-refractivity contribution in [2.75, 3.05) is 30.0 Å². The van der Waals surface area contributed by atoms with E-state index in [1.165, 1.54) is 6.08 Å². The van der Waals surface area contributed by atoms with Gasteiger partial charge in [0.15, 0.2) is 0 Å². The molecule has 1 amide bonds. The van der Waals surface area contributed by atoms with Gasteiger partial charge in [-0.15, -0.1) is 0 Å². The van der Waals surface area contributed by atoms with Gasteiger partial charge < -0.3 is 15.3 Å². The van der Waals surface area contributed by atoms with Crippen LogP contribution in [0.3, 0.4) is 0 Å². The Labute approximate surface area is 111 Å². The molecule has 6 nitrogen and oxygen atoms in total. The second-order valence-electron chi connectivity index (χ2n) is 4.26. The van der Waals surface area contributed by atoms with E-state index in [4.69, 9.17) is 10.3 Å². The number of nitrogens with one attached hydrogen (secondary N) is 2. The van der Waals surface area contributed by atoms with Crippen LogP contribution in [0.1, 0.15) is 12.0 Å². The van der Waals surface area contributed by atoms with Crippen LogP contribution >= 0.6 is 0 Å². The van der Waals surface area contributed by atoms with E-state index in [2.05, 4.69) is 10.2 Å². The lowest BCUT2D eigenvalue weighted by atomic mass is 10.1. The zero-order valence-electron chi connectivity index (χ0n) is 10.5. The van der Waals surface area contributed by atoms with Crippen molar-refractivity contribution in [2.24, 2.45) is 0 Å². The number of hydrogen-bond donors (Lipinski definition) is 4. The number of fused-ring (bicyclic) bond motifs is 1. The van der Waals surface area contributed by atoms with Crippen molar-refractivity contribution in [3.8, 4) is 0 Å². The zero-order chi connectivity index (χ0) is 13.7. The Balaban J connectivity index is 2.09. The highest BCUT2D eigenvalue weighted by molar-refractivity contribution is 5.91. The first-order chi connectivity index (χ1) is 9.24. The molecule has 0 unspecified atom stereocenters. The Morgan fingerprint density at radius 3 is 3.11 bits per heavy atom. The van der Waals surface area contributed by atoms with Crippen molar-refractivity contribution in [2.45, 2.75) is 6.42 Å². The van der Waals surface area contributed by atoms with Gasteiger partial charge in [0.2, 0.25) is 0 Å². The minimum Gasteiger partial charge on any atom is -0.396 e. The molecule has 1 aromatic rings. The van der Waals surface area contributed by atoms with Gasteiger partial charge in [-0.1, -0.05) is 6.07 Å². The number of hydroxylamine groups is 1. The number of aliphatic hydroxyl groups is 1. The molecule has 0 fully saturated rings. The zero-order valence-corrected chi connectivity index (χ0v) is 10.5. The highest BCUT2D eigenvalue weighted by atomic mass is 16.5. The fourth-order valence-electron chi connectivity index (χ4n) is 2.01. The molecule has 0 bridgehead atoms. The standard InChI is InChI=1S/C13H17N3O3/c17-7-1-6-16-9-14-11-8-10(2-4-12(11)16)3-5-13(18)15-19/h2-5,8,14,17,19H,1,6-7,9H2,(H,15,18)/b5-3+. The Bertz CT molecular complexity index is 488. The van der Waals surface area contributed by atoms with Gasteiger partial charge in [0.1, 0.15) is 0 Å². The molecular weight excluding hydrogens is 246 g/mol. The van der Waals surface area contributed by atoms with Crippen molar-refractivity contribution in [1.82, 2.24) is 5.48 Å². The van der Waals surface area contributed by atoms with Crippen molar-refractivity contribution < 1.29 is 15.1 Å². The molecule has 1 heterocycles. The van der Waals surface area contributed by atoms with Crippen molar-refractivity contribution >= 4 is 23.4 Å². The highest BCUT2D eigenvalue weighted by Gasteiger charge is 2.17. The predicted molar refractivity (Wildman–Crippen MR) is 72.9 cm³/mol. The summed E-state index contributed by atoms with van der Waals surface area (Å²) in [5.41, 5.74) is 4.52. The fraction of sp³-hybridized carbons (Fsp3) is 0.308. The molecule has 6 heteroatoms. The maximum absolute atomic E-state index is 10.9. The third kappa shape index (κ3) is 3.24. The summed E-state index contributed by atoms with van der Waals surface area (Å²) in [6, 6.07) is 5.82. The van der Waals surface area contributed by atoms with E-state index in [1.54, 1.807) is 11.6 Å². The summed E-state index contributed by atoms with van der Waals surface area (Å²) in [5, 5.41) is 20.5. The molecular formula is C13H17N3O3. The van der Waals surface area contributed by atoms with E-state index < -0.39 is 5.91 Å². The Morgan fingerprint density at radius 2 is 2.37 bits per heavy atom. The van der Waals surface area contributed by atoms with Crippen LogP contribution in [-0.2, 0) is 4.79 Å². The topological polar surface area (TPSA) is 84.8 Å². The van der Waals surface area contributed by atoms with E-state index in [-0.39, 0.29) is 6.61 Å². The average molecular weight is 263 g/mol. The maximum Gasteiger partial charge on any atom is 0.267 e. The molecule has 1 aliphatic rings. The lowest BCUT2D eigenvalue weighted by Gasteiger charge is -2.16.